The Morgan fingerprint density at radius 3 is 2.53 bits per heavy atom. The second-order valence-corrected chi connectivity index (χ2v) is 9.19. The van der Waals surface area contributed by atoms with Gasteiger partial charge in [-0.05, 0) is 66.1 Å². The van der Waals surface area contributed by atoms with Gasteiger partial charge in [0, 0.05) is 5.02 Å². The van der Waals surface area contributed by atoms with E-state index in [2.05, 4.69) is 16.7 Å². The van der Waals surface area contributed by atoms with Gasteiger partial charge in [-0.25, -0.2) is 8.78 Å². The predicted molar refractivity (Wildman–Crippen MR) is 124 cm³/mol. The minimum absolute atomic E-state index is 0.0807. The zero-order valence-electron chi connectivity index (χ0n) is 17.0. The van der Waals surface area contributed by atoms with Crippen LogP contribution in [0.25, 0.3) is 0 Å². The quantitative estimate of drug-likeness (QED) is 0.385. The number of hydrogen-bond donors (Lipinski definition) is 2. The van der Waals surface area contributed by atoms with E-state index in [0.717, 1.165) is 48.2 Å². The molecule has 7 heteroatoms. The van der Waals surface area contributed by atoms with Crippen molar-refractivity contribution in [1.82, 2.24) is 0 Å². The van der Waals surface area contributed by atoms with Crippen LogP contribution in [0.5, 0.6) is 0 Å². The minimum atomic E-state index is -1.12. The number of rotatable bonds is 3. The Morgan fingerprint density at radius 1 is 1.00 bits per heavy atom. The van der Waals surface area contributed by atoms with Gasteiger partial charge in [0.15, 0.2) is 11.6 Å². The van der Waals surface area contributed by atoms with Crippen LogP contribution in [0.4, 0.5) is 20.2 Å². The number of fused-ring (bicyclic) bond motifs is 3. The van der Waals surface area contributed by atoms with Crippen molar-refractivity contribution < 1.29 is 13.6 Å². The molecule has 1 fully saturated rings. The lowest BCUT2D eigenvalue weighted by Crippen LogP contribution is -2.29. The van der Waals surface area contributed by atoms with Crippen LogP contribution in [-0.2, 0) is 0 Å². The van der Waals surface area contributed by atoms with Crippen LogP contribution in [0, 0.1) is 17.6 Å². The van der Waals surface area contributed by atoms with E-state index in [0.29, 0.717) is 22.5 Å². The molecule has 32 heavy (non-hydrogen) atoms. The number of carbonyl (C=O) groups excluding carboxylic acids is 1. The summed E-state index contributed by atoms with van der Waals surface area (Å²) in [6.07, 6.45) is 3.34. The first-order valence-corrected chi connectivity index (χ1v) is 11.3. The summed E-state index contributed by atoms with van der Waals surface area (Å²) in [6, 6.07) is 15.3. The van der Waals surface area contributed by atoms with Crippen molar-refractivity contribution in [1.29, 1.82) is 0 Å². The van der Waals surface area contributed by atoms with Crippen LogP contribution < -0.4 is 10.6 Å². The van der Waals surface area contributed by atoms with E-state index in [-0.39, 0.29) is 16.6 Å². The molecule has 1 heterocycles. The Hall–Kier alpha value is -2.63. The summed E-state index contributed by atoms with van der Waals surface area (Å²) in [4.78, 5) is 12.9. The summed E-state index contributed by atoms with van der Waals surface area (Å²) in [7, 11) is 0. The number of halogens is 4. The van der Waals surface area contributed by atoms with E-state index < -0.39 is 17.5 Å². The molecule has 164 valence electrons. The van der Waals surface area contributed by atoms with Crippen molar-refractivity contribution in [2.75, 3.05) is 10.6 Å². The van der Waals surface area contributed by atoms with Gasteiger partial charge in [-0.3, -0.25) is 4.79 Å². The highest BCUT2D eigenvalue weighted by molar-refractivity contribution is 6.34. The zero-order chi connectivity index (χ0) is 22.4. The molecule has 1 aliphatic heterocycles. The molecule has 3 nitrogen and oxygen atoms in total. The van der Waals surface area contributed by atoms with Gasteiger partial charge < -0.3 is 10.6 Å². The third-order valence-corrected chi connectivity index (χ3v) is 7.09. The fourth-order valence-corrected chi connectivity index (χ4v) is 5.43. The molecule has 0 saturated heterocycles. The first-order chi connectivity index (χ1) is 15.4. The second-order valence-electron chi connectivity index (χ2n) is 8.34. The lowest BCUT2D eigenvalue weighted by Gasteiger charge is -2.38. The summed E-state index contributed by atoms with van der Waals surface area (Å²) >= 11 is 12.1. The number of anilines is 2. The van der Waals surface area contributed by atoms with Crippen LogP contribution in [0.1, 0.15) is 52.7 Å². The van der Waals surface area contributed by atoms with Crippen molar-refractivity contribution >= 4 is 40.5 Å². The monoisotopic (exact) mass is 472 g/mol. The molecular weight excluding hydrogens is 453 g/mol. The van der Waals surface area contributed by atoms with E-state index in [1.807, 2.05) is 30.3 Å². The lowest BCUT2D eigenvalue weighted by atomic mass is 9.77. The third-order valence-electron chi connectivity index (χ3n) is 6.53. The van der Waals surface area contributed by atoms with E-state index in [1.54, 1.807) is 6.07 Å². The minimum Gasteiger partial charge on any atom is -0.376 e. The molecule has 0 aromatic heterocycles. The molecule has 0 unspecified atom stereocenters. The van der Waals surface area contributed by atoms with Gasteiger partial charge in [0.25, 0.3) is 5.91 Å². The van der Waals surface area contributed by atoms with Crippen molar-refractivity contribution in [2.45, 2.75) is 31.2 Å². The van der Waals surface area contributed by atoms with Gasteiger partial charge in [-0.1, -0.05) is 53.9 Å². The van der Waals surface area contributed by atoms with Crippen molar-refractivity contribution in [3.8, 4) is 0 Å². The first kappa shape index (κ1) is 21.2. The molecular formula is C25H20Cl2F2N2O. The maximum Gasteiger partial charge on any atom is 0.257 e. The van der Waals surface area contributed by atoms with Crippen LogP contribution in [0.3, 0.4) is 0 Å². The molecule has 0 bridgehead atoms. The standard InChI is InChI=1S/C25H20Cl2F2N2O/c26-14-9-7-13(8-10-14)23-16-4-1-3-15(16)17-5-2-6-22(24(17)31-23)30-25(32)18-11-20(28)21(29)12-19(18)27/h2,5-12,15-16,23,31H,1,3-4H2,(H,30,32)/t15-,16-,23-/m0/s1. The van der Waals surface area contributed by atoms with E-state index in [9.17, 15) is 13.6 Å². The van der Waals surface area contributed by atoms with Crippen LogP contribution in [0.2, 0.25) is 10.0 Å². The van der Waals surface area contributed by atoms with Gasteiger partial charge in [-0.15, -0.1) is 0 Å². The smallest absolute Gasteiger partial charge is 0.257 e. The summed E-state index contributed by atoms with van der Waals surface area (Å²) in [5.41, 5.74) is 3.61. The number of para-hydroxylation sites is 1. The van der Waals surface area contributed by atoms with Crippen LogP contribution >= 0.6 is 23.2 Å². The van der Waals surface area contributed by atoms with Crippen LogP contribution in [0.15, 0.2) is 54.6 Å². The Kier molecular flexibility index (Phi) is 5.56. The summed E-state index contributed by atoms with van der Waals surface area (Å²) in [6.45, 7) is 0. The molecule has 1 aliphatic carbocycles. The summed E-state index contributed by atoms with van der Waals surface area (Å²) < 4.78 is 27.1. The number of amides is 1. The second kappa shape index (κ2) is 8.38. The predicted octanol–water partition coefficient (Wildman–Crippen LogP) is 7.57. The molecule has 1 amide bonds. The molecule has 2 N–H and O–H groups in total. The molecule has 3 atom stereocenters. The highest BCUT2D eigenvalue weighted by Gasteiger charge is 2.41. The molecule has 0 radical (unpaired) electrons. The Balaban J connectivity index is 1.51. The molecule has 3 aromatic carbocycles. The van der Waals surface area contributed by atoms with Gasteiger partial charge in [0.2, 0.25) is 0 Å². The Morgan fingerprint density at radius 2 is 1.75 bits per heavy atom. The molecule has 1 saturated carbocycles. The Bertz CT molecular complexity index is 1200. The number of hydrogen-bond acceptors (Lipinski definition) is 2. The molecule has 3 aromatic rings. The van der Waals surface area contributed by atoms with Gasteiger partial charge >= 0.3 is 0 Å². The topological polar surface area (TPSA) is 41.1 Å². The normalized spacial score (nSPS) is 21.4. The summed E-state index contributed by atoms with van der Waals surface area (Å²) in [5, 5.41) is 7.02. The number of nitrogens with one attached hydrogen (secondary N) is 2. The molecule has 5 rings (SSSR count). The third kappa shape index (κ3) is 3.74. The largest absolute Gasteiger partial charge is 0.376 e. The average Bonchev–Trinajstić information content (AvgIpc) is 3.27. The number of carbonyl (C=O) groups is 1. The van der Waals surface area contributed by atoms with Gasteiger partial charge in [0.05, 0.1) is 28.0 Å². The van der Waals surface area contributed by atoms with Crippen LogP contribution in [-0.4, -0.2) is 5.91 Å². The zero-order valence-corrected chi connectivity index (χ0v) is 18.5. The van der Waals surface area contributed by atoms with Gasteiger partial charge in [-0.2, -0.15) is 0 Å². The first-order valence-electron chi connectivity index (χ1n) is 10.5. The number of benzene rings is 3. The highest BCUT2D eigenvalue weighted by Crippen LogP contribution is 2.54. The summed E-state index contributed by atoms with van der Waals surface area (Å²) in [5.74, 6) is -2.00. The maximum atomic E-state index is 13.7. The fourth-order valence-electron chi connectivity index (χ4n) is 5.07. The van der Waals surface area contributed by atoms with E-state index in [1.165, 1.54) is 0 Å². The Labute approximate surface area is 194 Å². The van der Waals surface area contributed by atoms with E-state index in [4.69, 9.17) is 23.2 Å². The highest BCUT2D eigenvalue weighted by atomic mass is 35.5. The lowest BCUT2D eigenvalue weighted by molar-refractivity contribution is 0.102. The van der Waals surface area contributed by atoms with Crippen molar-refractivity contribution in [3.05, 3.63) is 93.0 Å². The fraction of sp³-hybridized carbons (Fsp3) is 0.240. The van der Waals surface area contributed by atoms with Crippen molar-refractivity contribution in [2.24, 2.45) is 5.92 Å². The molecule has 2 aliphatic rings. The van der Waals surface area contributed by atoms with E-state index >= 15 is 0 Å². The maximum absolute atomic E-state index is 13.7. The van der Waals surface area contributed by atoms with Gasteiger partial charge in [0.1, 0.15) is 0 Å². The SMILES string of the molecule is O=C(Nc1cccc2c1N[C@@H](c1ccc(Cl)cc1)[C@H]1CCC[C@H]21)c1cc(F)c(F)cc1Cl. The average molecular weight is 473 g/mol. The molecule has 0 spiro atoms. The van der Waals surface area contributed by atoms with Crippen molar-refractivity contribution in [3.63, 3.8) is 0 Å².